The fraction of sp³-hybridized carbons (Fsp3) is 0.333. The van der Waals surface area contributed by atoms with Gasteiger partial charge in [-0.3, -0.25) is 14.4 Å². The van der Waals surface area contributed by atoms with Crippen molar-refractivity contribution in [1.29, 1.82) is 5.26 Å². The number of esters is 1. The van der Waals surface area contributed by atoms with E-state index >= 15 is 0 Å². The van der Waals surface area contributed by atoms with E-state index in [4.69, 9.17) is 10.5 Å². The van der Waals surface area contributed by atoms with Crippen molar-refractivity contribution >= 4 is 17.7 Å². The van der Waals surface area contributed by atoms with Crippen LogP contribution < -0.4 is 5.73 Å². The molecule has 3 rings (SSSR count). The Balaban J connectivity index is 2.32. The smallest absolute Gasteiger partial charge is 0.329 e. The van der Waals surface area contributed by atoms with Crippen molar-refractivity contribution < 1.29 is 23.5 Å². The number of Topliss-reactive ketones (excluding diaryl/α,β-unsaturated/α-hetero) is 1. The maximum atomic E-state index is 14.8. The Morgan fingerprint density at radius 3 is 2.59 bits per heavy atom. The molecular weight excluding hydrogens is 377 g/mol. The van der Waals surface area contributed by atoms with Gasteiger partial charge < -0.3 is 15.4 Å². The van der Waals surface area contributed by atoms with E-state index in [1.807, 2.05) is 6.07 Å². The summed E-state index contributed by atoms with van der Waals surface area (Å²) in [6.07, 6.45) is 4.37. The number of benzene rings is 1. The molecular formula is C21H20FN3O4. The highest BCUT2D eigenvalue weighted by Crippen LogP contribution is 2.54. The average molecular weight is 397 g/mol. The van der Waals surface area contributed by atoms with Crippen LogP contribution in [0, 0.1) is 22.6 Å². The van der Waals surface area contributed by atoms with Crippen LogP contribution in [0.2, 0.25) is 0 Å². The van der Waals surface area contributed by atoms with E-state index < -0.39 is 41.1 Å². The molecule has 1 saturated heterocycles. The van der Waals surface area contributed by atoms with E-state index in [0.29, 0.717) is 0 Å². The molecule has 2 N–H and O–H groups in total. The molecule has 1 aromatic rings. The van der Waals surface area contributed by atoms with Gasteiger partial charge in [0, 0.05) is 17.7 Å². The molecule has 2 aliphatic heterocycles. The molecule has 0 aromatic heterocycles. The molecule has 2 heterocycles. The third-order valence-corrected chi connectivity index (χ3v) is 5.40. The maximum Gasteiger partial charge on any atom is 0.329 e. The Kier molecular flexibility index (Phi) is 5.25. The van der Waals surface area contributed by atoms with Gasteiger partial charge in [-0.1, -0.05) is 30.4 Å². The van der Waals surface area contributed by atoms with Gasteiger partial charge in [-0.15, -0.1) is 0 Å². The molecule has 0 saturated carbocycles. The number of fused-ring (bicyclic) bond motifs is 1. The van der Waals surface area contributed by atoms with Crippen LogP contribution in [-0.2, 0) is 19.1 Å². The lowest BCUT2D eigenvalue weighted by Gasteiger charge is -2.32. The van der Waals surface area contributed by atoms with Crippen molar-refractivity contribution in [2.45, 2.75) is 31.8 Å². The van der Waals surface area contributed by atoms with E-state index in [2.05, 4.69) is 0 Å². The van der Waals surface area contributed by atoms with Crippen molar-refractivity contribution in [2.75, 3.05) is 6.61 Å². The second kappa shape index (κ2) is 7.51. The van der Waals surface area contributed by atoms with Gasteiger partial charge in [0.05, 0.1) is 18.7 Å². The Labute approximate surface area is 167 Å². The van der Waals surface area contributed by atoms with Gasteiger partial charge in [-0.25, -0.2) is 4.39 Å². The third-order valence-electron chi connectivity index (χ3n) is 5.40. The fourth-order valence-corrected chi connectivity index (χ4v) is 4.17. The summed E-state index contributed by atoms with van der Waals surface area (Å²) in [6.45, 7) is 2.94. The Morgan fingerprint density at radius 1 is 1.34 bits per heavy atom. The topological polar surface area (TPSA) is 113 Å². The van der Waals surface area contributed by atoms with Gasteiger partial charge in [0.15, 0.2) is 11.2 Å². The first-order valence-corrected chi connectivity index (χ1v) is 9.10. The molecule has 1 aromatic carbocycles. The number of hydrogen-bond acceptors (Lipinski definition) is 6. The van der Waals surface area contributed by atoms with Gasteiger partial charge in [-0.2, -0.15) is 5.26 Å². The second-order valence-electron chi connectivity index (χ2n) is 6.94. The molecule has 7 nitrogen and oxygen atoms in total. The molecule has 29 heavy (non-hydrogen) atoms. The number of nitrogens with two attached hydrogens (primary N) is 1. The highest BCUT2D eigenvalue weighted by Gasteiger charge is 2.66. The minimum Gasteiger partial charge on any atom is -0.465 e. The maximum absolute atomic E-state index is 14.8. The first-order valence-electron chi connectivity index (χ1n) is 9.10. The minimum atomic E-state index is -1.94. The van der Waals surface area contributed by atoms with Gasteiger partial charge in [0.25, 0.3) is 0 Å². The standard InChI is InChI=1S/C21H20FN3O4/c1-3-29-20(28)21(11-23)16-9-8-13(12(2)26)10-25(16)18(19(24)27)17(21)14-6-4-5-7-15(14)22/h4-10,16-18H,3H2,1-2H3,(H2,24,27)/t16-,17-,18+,21+/m0/s1. The summed E-state index contributed by atoms with van der Waals surface area (Å²) in [4.78, 5) is 38.8. The minimum absolute atomic E-state index is 0.00153. The lowest BCUT2D eigenvalue weighted by molar-refractivity contribution is -0.153. The van der Waals surface area contributed by atoms with Crippen molar-refractivity contribution in [1.82, 2.24) is 4.90 Å². The number of allylic oxidation sites excluding steroid dienone is 2. The number of primary amides is 1. The molecule has 0 radical (unpaired) electrons. The molecule has 2 aliphatic rings. The molecule has 4 atom stereocenters. The zero-order valence-corrected chi connectivity index (χ0v) is 16.0. The zero-order chi connectivity index (χ0) is 21.3. The van der Waals surface area contributed by atoms with E-state index in [1.165, 1.54) is 48.4 Å². The summed E-state index contributed by atoms with van der Waals surface area (Å²) in [7, 11) is 0. The van der Waals surface area contributed by atoms with Gasteiger partial charge in [-0.05, 0) is 25.5 Å². The molecule has 150 valence electrons. The molecule has 0 bridgehead atoms. The van der Waals surface area contributed by atoms with Crippen LogP contribution in [0.3, 0.4) is 0 Å². The third kappa shape index (κ3) is 2.99. The summed E-state index contributed by atoms with van der Waals surface area (Å²) >= 11 is 0. The number of ether oxygens (including phenoxy) is 1. The molecule has 0 spiro atoms. The van der Waals surface area contributed by atoms with Gasteiger partial charge in [0.1, 0.15) is 11.9 Å². The number of amides is 1. The van der Waals surface area contributed by atoms with Crippen LogP contribution >= 0.6 is 0 Å². The van der Waals surface area contributed by atoms with Crippen LogP contribution in [0.5, 0.6) is 0 Å². The number of halogens is 1. The normalized spacial score (nSPS) is 27.6. The molecule has 1 fully saturated rings. The first kappa shape index (κ1) is 20.3. The van der Waals surface area contributed by atoms with E-state index in [-0.39, 0.29) is 23.5 Å². The Morgan fingerprint density at radius 2 is 2.03 bits per heavy atom. The molecule has 1 amide bonds. The molecule has 0 unspecified atom stereocenters. The monoisotopic (exact) mass is 397 g/mol. The first-order chi connectivity index (χ1) is 13.8. The number of ketones is 1. The van der Waals surface area contributed by atoms with Crippen LogP contribution in [0.15, 0.2) is 48.2 Å². The molecule has 8 heteroatoms. The number of rotatable bonds is 5. The average Bonchev–Trinajstić information content (AvgIpc) is 2.99. The van der Waals surface area contributed by atoms with Gasteiger partial charge in [0.2, 0.25) is 5.91 Å². The van der Waals surface area contributed by atoms with Crippen molar-refractivity contribution in [3.05, 3.63) is 59.6 Å². The predicted molar refractivity (Wildman–Crippen MR) is 100 cm³/mol. The number of carbonyl (C=O) groups excluding carboxylic acids is 3. The Bertz CT molecular complexity index is 980. The second-order valence-corrected chi connectivity index (χ2v) is 6.94. The van der Waals surface area contributed by atoms with Crippen LogP contribution in [0.4, 0.5) is 4.39 Å². The highest BCUT2D eigenvalue weighted by atomic mass is 19.1. The van der Waals surface area contributed by atoms with Crippen LogP contribution in [-0.4, -0.2) is 41.3 Å². The summed E-state index contributed by atoms with van der Waals surface area (Å²) in [5, 5.41) is 10.2. The number of nitriles is 1. The quantitative estimate of drug-likeness (QED) is 0.755. The van der Waals surface area contributed by atoms with Crippen LogP contribution in [0.25, 0.3) is 0 Å². The van der Waals surface area contributed by atoms with E-state index in [0.717, 1.165) is 0 Å². The summed E-state index contributed by atoms with van der Waals surface area (Å²) in [5.41, 5.74) is 4.00. The number of carbonyl (C=O) groups is 3. The van der Waals surface area contributed by atoms with Crippen LogP contribution in [0.1, 0.15) is 25.3 Å². The zero-order valence-electron chi connectivity index (χ0n) is 16.0. The summed E-state index contributed by atoms with van der Waals surface area (Å²) in [5.74, 6) is -3.90. The summed E-state index contributed by atoms with van der Waals surface area (Å²) < 4.78 is 19.9. The highest BCUT2D eigenvalue weighted by molar-refractivity contribution is 5.97. The lowest BCUT2D eigenvalue weighted by Crippen LogP contribution is -2.45. The molecule has 0 aliphatic carbocycles. The van der Waals surface area contributed by atoms with E-state index in [9.17, 15) is 24.0 Å². The van der Waals surface area contributed by atoms with Gasteiger partial charge >= 0.3 is 5.97 Å². The Hall–Kier alpha value is -3.47. The largest absolute Gasteiger partial charge is 0.465 e. The lowest BCUT2D eigenvalue weighted by atomic mass is 9.68. The summed E-state index contributed by atoms with van der Waals surface area (Å²) in [6, 6.07) is 5.43. The van der Waals surface area contributed by atoms with E-state index in [1.54, 1.807) is 13.0 Å². The van der Waals surface area contributed by atoms with Crippen molar-refractivity contribution in [3.63, 3.8) is 0 Å². The van der Waals surface area contributed by atoms with Crippen molar-refractivity contribution in [3.8, 4) is 6.07 Å². The SMILES string of the molecule is CCOC(=O)[C@]1(C#N)[C@@H]2C=CC(C(C)=O)=CN2[C@@H](C(N)=O)[C@@H]1c1ccccc1F. The number of hydrogen-bond donors (Lipinski definition) is 1. The van der Waals surface area contributed by atoms with Crippen molar-refractivity contribution in [2.24, 2.45) is 11.1 Å². The predicted octanol–water partition coefficient (Wildman–Crippen LogP) is 1.56. The number of nitrogens with zero attached hydrogens (tertiary/aromatic N) is 2. The fourth-order valence-electron chi connectivity index (χ4n) is 4.17.